The summed E-state index contributed by atoms with van der Waals surface area (Å²) in [7, 11) is 0. The average molecular weight is 312 g/mol. The summed E-state index contributed by atoms with van der Waals surface area (Å²) in [6.07, 6.45) is 2.81. The number of carboxylic acid groups (broad SMARTS) is 1. The lowest BCUT2D eigenvalue weighted by molar-refractivity contribution is 0.0674. The molecule has 0 saturated carbocycles. The van der Waals surface area contributed by atoms with E-state index < -0.39 is 5.97 Å². The van der Waals surface area contributed by atoms with E-state index in [1.807, 2.05) is 36.4 Å². The molecule has 2 aromatic carbocycles. The second-order valence-electron chi connectivity index (χ2n) is 5.73. The predicted octanol–water partition coefficient (Wildman–Crippen LogP) is 3.53. The summed E-state index contributed by atoms with van der Waals surface area (Å²) in [5.74, 6) is -0.224. The van der Waals surface area contributed by atoms with Gasteiger partial charge in [0.1, 0.15) is 12.4 Å². The summed E-state index contributed by atoms with van der Waals surface area (Å²) in [6, 6.07) is 15.0. The van der Waals surface area contributed by atoms with Crippen molar-refractivity contribution in [3.8, 4) is 5.75 Å². The molecule has 1 atom stereocenters. The number of rotatable bonds is 6. The summed E-state index contributed by atoms with van der Waals surface area (Å²) in [5, 5.41) is 9.38. The maximum absolute atomic E-state index is 11.4. The summed E-state index contributed by atoms with van der Waals surface area (Å²) in [5.41, 5.74) is 2.15. The number of carboxylic acids is 1. The van der Waals surface area contributed by atoms with E-state index in [2.05, 4.69) is 0 Å². The highest BCUT2D eigenvalue weighted by Crippen LogP contribution is 2.22. The summed E-state index contributed by atoms with van der Waals surface area (Å²) in [4.78, 5) is 11.4. The number of hydrogen-bond donors (Lipinski definition) is 1. The molecule has 1 aliphatic heterocycles. The van der Waals surface area contributed by atoms with Gasteiger partial charge in [-0.1, -0.05) is 30.3 Å². The van der Waals surface area contributed by atoms with E-state index in [0.29, 0.717) is 24.3 Å². The van der Waals surface area contributed by atoms with E-state index in [0.717, 1.165) is 30.6 Å². The van der Waals surface area contributed by atoms with Crippen LogP contribution < -0.4 is 4.74 Å². The van der Waals surface area contributed by atoms with Crippen molar-refractivity contribution in [2.24, 2.45) is 0 Å². The minimum Gasteiger partial charge on any atom is -0.491 e. The van der Waals surface area contributed by atoms with Crippen LogP contribution in [0.1, 0.15) is 34.3 Å². The molecule has 1 saturated heterocycles. The third-order valence-electron chi connectivity index (χ3n) is 4.00. The molecule has 0 spiro atoms. The third kappa shape index (κ3) is 4.11. The topological polar surface area (TPSA) is 55.8 Å². The highest BCUT2D eigenvalue weighted by atomic mass is 16.5. The molecular weight excluding hydrogens is 292 g/mol. The van der Waals surface area contributed by atoms with Crippen molar-refractivity contribution in [1.29, 1.82) is 0 Å². The molecule has 1 fully saturated rings. The molecule has 0 aliphatic carbocycles. The van der Waals surface area contributed by atoms with E-state index in [-0.39, 0.29) is 6.10 Å². The molecule has 0 amide bonds. The monoisotopic (exact) mass is 312 g/mol. The Bertz CT molecular complexity index is 660. The first-order chi connectivity index (χ1) is 11.2. The van der Waals surface area contributed by atoms with Crippen molar-refractivity contribution < 1.29 is 19.4 Å². The molecule has 23 heavy (non-hydrogen) atoms. The molecule has 4 nitrogen and oxygen atoms in total. The van der Waals surface area contributed by atoms with Crippen LogP contribution in [0.3, 0.4) is 0 Å². The fourth-order valence-electron chi connectivity index (χ4n) is 2.80. The maximum Gasteiger partial charge on any atom is 0.335 e. The Balaban J connectivity index is 1.76. The van der Waals surface area contributed by atoms with Crippen molar-refractivity contribution in [2.75, 3.05) is 13.2 Å². The molecule has 4 heteroatoms. The summed E-state index contributed by atoms with van der Waals surface area (Å²) >= 11 is 0. The highest BCUT2D eigenvalue weighted by Gasteiger charge is 2.17. The average Bonchev–Trinajstić information content (AvgIpc) is 3.07. The van der Waals surface area contributed by atoms with Crippen molar-refractivity contribution >= 4 is 5.97 Å². The van der Waals surface area contributed by atoms with Gasteiger partial charge in [-0.05, 0) is 48.6 Å². The Morgan fingerprint density at radius 2 is 2.04 bits per heavy atom. The van der Waals surface area contributed by atoms with Gasteiger partial charge in [0, 0.05) is 6.61 Å². The molecule has 0 radical (unpaired) electrons. The van der Waals surface area contributed by atoms with E-state index in [1.165, 1.54) is 0 Å². The summed E-state index contributed by atoms with van der Waals surface area (Å²) in [6.45, 7) is 1.31. The van der Waals surface area contributed by atoms with Crippen LogP contribution in [0.15, 0.2) is 48.5 Å². The van der Waals surface area contributed by atoms with Crippen LogP contribution in [0.25, 0.3) is 0 Å². The van der Waals surface area contributed by atoms with E-state index >= 15 is 0 Å². The zero-order valence-electron chi connectivity index (χ0n) is 12.9. The molecule has 1 aliphatic rings. The number of aromatic carboxylic acids is 1. The smallest absolute Gasteiger partial charge is 0.335 e. The largest absolute Gasteiger partial charge is 0.491 e. The number of hydrogen-bond acceptors (Lipinski definition) is 3. The Morgan fingerprint density at radius 1 is 1.22 bits per heavy atom. The van der Waals surface area contributed by atoms with Gasteiger partial charge in [0.05, 0.1) is 11.7 Å². The zero-order chi connectivity index (χ0) is 16.1. The van der Waals surface area contributed by atoms with Gasteiger partial charge in [0.15, 0.2) is 0 Å². The minimum absolute atomic E-state index is 0.145. The van der Waals surface area contributed by atoms with E-state index in [4.69, 9.17) is 9.47 Å². The first kappa shape index (κ1) is 15.6. The van der Waals surface area contributed by atoms with Gasteiger partial charge in [0.2, 0.25) is 0 Å². The normalized spacial score (nSPS) is 17.1. The molecule has 1 N–H and O–H groups in total. The van der Waals surface area contributed by atoms with Crippen LogP contribution in [-0.2, 0) is 11.2 Å². The molecule has 0 aromatic heterocycles. The van der Waals surface area contributed by atoms with Crippen LogP contribution in [0.2, 0.25) is 0 Å². The lowest BCUT2D eigenvalue weighted by atomic mass is 9.99. The zero-order valence-corrected chi connectivity index (χ0v) is 12.9. The number of ether oxygens (including phenoxy) is 2. The van der Waals surface area contributed by atoms with Crippen molar-refractivity contribution in [2.45, 2.75) is 25.4 Å². The van der Waals surface area contributed by atoms with Crippen LogP contribution in [-0.4, -0.2) is 30.4 Å². The van der Waals surface area contributed by atoms with Gasteiger partial charge in [-0.15, -0.1) is 0 Å². The first-order valence-electron chi connectivity index (χ1n) is 7.87. The fraction of sp³-hybridized carbons (Fsp3) is 0.316. The molecule has 2 aromatic rings. The molecular formula is C19H20O4. The molecule has 1 heterocycles. The maximum atomic E-state index is 11.4. The van der Waals surface area contributed by atoms with E-state index in [9.17, 15) is 9.90 Å². The number of carbonyl (C=O) groups is 1. The quantitative estimate of drug-likeness (QED) is 0.886. The summed E-state index contributed by atoms with van der Waals surface area (Å²) < 4.78 is 11.3. The lowest BCUT2D eigenvalue weighted by Gasteiger charge is -2.13. The number of benzene rings is 2. The SMILES string of the molecule is O=C(O)c1ccc(OCC2CCCO2)cc1Cc1ccccc1. The standard InChI is InChI=1S/C19H20O4/c20-19(21)18-9-8-16(23-13-17-7-4-10-22-17)12-15(18)11-14-5-2-1-3-6-14/h1-3,5-6,8-9,12,17H,4,7,10-11,13H2,(H,20,21). The van der Waals surface area contributed by atoms with Crippen LogP contribution in [0, 0.1) is 0 Å². The Kier molecular flexibility index (Phi) is 4.93. The lowest BCUT2D eigenvalue weighted by Crippen LogP contribution is -2.16. The predicted molar refractivity (Wildman–Crippen MR) is 87.1 cm³/mol. The minimum atomic E-state index is -0.915. The van der Waals surface area contributed by atoms with Crippen molar-refractivity contribution in [1.82, 2.24) is 0 Å². The molecule has 0 bridgehead atoms. The second kappa shape index (κ2) is 7.29. The molecule has 1 unspecified atom stereocenters. The van der Waals surface area contributed by atoms with Gasteiger partial charge in [-0.3, -0.25) is 0 Å². The Labute approximate surface area is 135 Å². The van der Waals surface area contributed by atoms with Gasteiger partial charge in [-0.2, -0.15) is 0 Å². The molecule has 120 valence electrons. The van der Waals surface area contributed by atoms with Gasteiger partial charge >= 0.3 is 5.97 Å². The van der Waals surface area contributed by atoms with Crippen LogP contribution in [0.4, 0.5) is 0 Å². The van der Waals surface area contributed by atoms with Crippen molar-refractivity contribution in [3.63, 3.8) is 0 Å². The fourth-order valence-corrected chi connectivity index (χ4v) is 2.80. The van der Waals surface area contributed by atoms with Crippen molar-refractivity contribution in [3.05, 3.63) is 65.2 Å². The van der Waals surface area contributed by atoms with Crippen LogP contribution in [0.5, 0.6) is 5.75 Å². The van der Waals surface area contributed by atoms with Gasteiger partial charge in [-0.25, -0.2) is 4.79 Å². The van der Waals surface area contributed by atoms with Gasteiger partial charge in [0.25, 0.3) is 0 Å². The van der Waals surface area contributed by atoms with Gasteiger partial charge < -0.3 is 14.6 Å². The van der Waals surface area contributed by atoms with E-state index in [1.54, 1.807) is 12.1 Å². The Morgan fingerprint density at radius 3 is 2.74 bits per heavy atom. The highest BCUT2D eigenvalue weighted by molar-refractivity contribution is 5.89. The first-order valence-corrected chi connectivity index (χ1v) is 7.87. The Hall–Kier alpha value is -2.33. The molecule has 3 rings (SSSR count). The van der Waals surface area contributed by atoms with Crippen LogP contribution >= 0.6 is 0 Å². The second-order valence-corrected chi connectivity index (χ2v) is 5.73. The third-order valence-corrected chi connectivity index (χ3v) is 4.00.